The van der Waals surface area contributed by atoms with Gasteiger partial charge in [-0.1, -0.05) is 6.92 Å². The quantitative estimate of drug-likeness (QED) is 0.668. The first-order valence-electron chi connectivity index (χ1n) is 4.82. The van der Waals surface area contributed by atoms with Crippen molar-refractivity contribution in [2.45, 2.75) is 25.8 Å². The number of hydrogen-bond acceptors (Lipinski definition) is 3. The molecule has 72 valence electrons. The van der Waals surface area contributed by atoms with Crippen molar-refractivity contribution in [3.63, 3.8) is 0 Å². The maximum atomic E-state index is 3.60. The van der Waals surface area contributed by atoms with Crippen LogP contribution in [0.4, 0.5) is 0 Å². The summed E-state index contributed by atoms with van der Waals surface area (Å²) in [6, 6.07) is 0.817. The third-order valence-electron chi connectivity index (χ3n) is 1.96. The first kappa shape index (κ1) is 10.7. The molecule has 3 heteroatoms. The Bertz CT molecular complexity index is 103. The summed E-state index contributed by atoms with van der Waals surface area (Å²) >= 11 is 4.15. The molecule has 1 N–H and O–H groups in total. The van der Waals surface area contributed by atoms with Crippen molar-refractivity contribution in [2.75, 3.05) is 29.6 Å². The van der Waals surface area contributed by atoms with Gasteiger partial charge < -0.3 is 5.32 Å². The van der Waals surface area contributed by atoms with Crippen LogP contribution >= 0.6 is 23.5 Å². The van der Waals surface area contributed by atoms with Gasteiger partial charge in [0.25, 0.3) is 0 Å². The second-order valence-electron chi connectivity index (χ2n) is 3.13. The second-order valence-corrected chi connectivity index (χ2v) is 5.50. The molecule has 1 aliphatic heterocycles. The van der Waals surface area contributed by atoms with Crippen LogP contribution in [-0.2, 0) is 0 Å². The van der Waals surface area contributed by atoms with Gasteiger partial charge in [-0.3, -0.25) is 0 Å². The van der Waals surface area contributed by atoms with Crippen molar-refractivity contribution in [3.05, 3.63) is 0 Å². The molecular weight excluding hydrogens is 186 g/mol. The lowest BCUT2D eigenvalue weighted by Crippen LogP contribution is -2.30. The Morgan fingerprint density at radius 3 is 3.08 bits per heavy atom. The van der Waals surface area contributed by atoms with Gasteiger partial charge in [0.15, 0.2) is 0 Å². The van der Waals surface area contributed by atoms with Gasteiger partial charge in [0, 0.05) is 24.1 Å². The van der Waals surface area contributed by atoms with Crippen molar-refractivity contribution < 1.29 is 0 Å². The Morgan fingerprint density at radius 1 is 1.50 bits per heavy atom. The molecule has 0 aliphatic carbocycles. The predicted molar refractivity (Wildman–Crippen MR) is 61.3 cm³/mol. The summed E-state index contributed by atoms with van der Waals surface area (Å²) in [5.41, 5.74) is 0. The van der Waals surface area contributed by atoms with Gasteiger partial charge in [0.2, 0.25) is 0 Å². The third kappa shape index (κ3) is 4.63. The van der Waals surface area contributed by atoms with Gasteiger partial charge in [-0.15, -0.1) is 0 Å². The van der Waals surface area contributed by atoms with E-state index in [4.69, 9.17) is 0 Å². The highest BCUT2D eigenvalue weighted by Gasteiger charge is 2.13. The second kappa shape index (κ2) is 7.10. The summed E-state index contributed by atoms with van der Waals surface area (Å²) in [5, 5.41) is 3.60. The van der Waals surface area contributed by atoms with Crippen LogP contribution in [0.3, 0.4) is 0 Å². The van der Waals surface area contributed by atoms with Crippen LogP contribution in [0.2, 0.25) is 0 Å². The van der Waals surface area contributed by atoms with Crippen LogP contribution < -0.4 is 5.32 Å². The van der Waals surface area contributed by atoms with Crippen molar-refractivity contribution >= 4 is 23.5 Å². The normalized spacial score (nSPS) is 23.2. The summed E-state index contributed by atoms with van der Waals surface area (Å²) < 4.78 is 0. The highest BCUT2D eigenvalue weighted by molar-refractivity contribution is 7.99. The number of thioether (sulfide) groups is 2. The standard InChI is InChI=1S/C9H19NS2/c1-2-5-11-7-4-10-9-3-6-12-8-9/h9-10H,2-8H2,1H3/t9-/m1/s1. The van der Waals surface area contributed by atoms with E-state index in [1.54, 1.807) is 0 Å². The van der Waals surface area contributed by atoms with E-state index in [9.17, 15) is 0 Å². The zero-order valence-corrected chi connectivity index (χ0v) is 9.48. The number of rotatable bonds is 6. The monoisotopic (exact) mass is 205 g/mol. The molecule has 1 nitrogen and oxygen atoms in total. The minimum absolute atomic E-state index is 0.817. The van der Waals surface area contributed by atoms with E-state index in [1.165, 1.54) is 42.4 Å². The molecule has 0 saturated carbocycles. The molecule has 12 heavy (non-hydrogen) atoms. The van der Waals surface area contributed by atoms with E-state index in [-0.39, 0.29) is 0 Å². The SMILES string of the molecule is CCCSCCN[C@@H]1CCSC1. The van der Waals surface area contributed by atoms with Gasteiger partial charge >= 0.3 is 0 Å². The zero-order chi connectivity index (χ0) is 8.65. The van der Waals surface area contributed by atoms with Crippen LogP contribution in [0.1, 0.15) is 19.8 Å². The molecule has 0 spiro atoms. The minimum Gasteiger partial charge on any atom is -0.312 e. The summed E-state index contributed by atoms with van der Waals surface area (Å²) in [4.78, 5) is 0. The largest absolute Gasteiger partial charge is 0.312 e. The zero-order valence-electron chi connectivity index (χ0n) is 7.84. The van der Waals surface area contributed by atoms with Gasteiger partial charge in [-0.25, -0.2) is 0 Å². The van der Waals surface area contributed by atoms with E-state index in [0.717, 1.165) is 6.04 Å². The summed E-state index contributed by atoms with van der Waals surface area (Å²) in [6.45, 7) is 3.45. The third-order valence-corrected chi connectivity index (χ3v) is 4.31. The van der Waals surface area contributed by atoms with Crippen molar-refractivity contribution in [1.82, 2.24) is 5.32 Å². The maximum Gasteiger partial charge on any atom is 0.0166 e. The Balaban J connectivity index is 1.81. The van der Waals surface area contributed by atoms with Crippen molar-refractivity contribution in [1.29, 1.82) is 0 Å². The molecule has 0 aromatic heterocycles. The average molecular weight is 205 g/mol. The van der Waals surface area contributed by atoms with E-state index < -0.39 is 0 Å². The number of hydrogen-bond donors (Lipinski definition) is 1. The average Bonchev–Trinajstić information content (AvgIpc) is 2.57. The molecule has 1 heterocycles. The Kier molecular flexibility index (Phi) is 6.35. The fraction of sp³-hybridized carbons (Fsp3) is 1.00. The van der Waals surface area contributed by atoms with E-state index in [1.807, 2.05) is 0 Å². The van der Waals surface area contributed by atoms with E-state index in [2.05, 4.69) is 35.8 Å². The molecule has 1 rings (SSSR count). The summed E-state index contributed by atoms with van der Waals surface area (Å²) in [6.07, 6.45) is 2.69. The van der Waals surface area contributed by atoms with Crippen molar-refractivity contribution in [3.8, 4) is 0 Å². The molecule has 0 bridgehead atoms. The first-order valence-corrected chi connectivity index (χ1v) is 7.13. The fourth-order valence-electron chi connectivity index (χ4n) is 1.28. The molecule has 0 unspecified atom stereocenters. The van der Waals surface area contributed by atoms with Crippen molar-refractivity contribution in [2.24, 2.45) is 0 Å². The maximum absolute atomic E-state index is 3.60. The lowest BCUT2D eigenvalue weighted by Gasteiger charge is -2.09. The van der Waals surface area contributed by atoms with Gasteiger partial charge in [-0.2, -0.15) is 23.5 Å². The molecule has 0 aromatic rings. The van der Waals surface area contributed by atoms with Gasteiger partial charge in [0.1, 0.15) is 0 Å². The van der Waals surface area contributed by atoms with Crippen LogP contribution in [0, 0.1) is 0 Å². The van der Waals surface area contributed by atoms with Crippen LogP contribution in [0.5, 0.6) is 0 Å². The van der Waals surface area contributed by atoms with Crippen LogP contribution in [0.15, 0.2) is 0 Å². The predicted octanol–water partition coefficient (Wildman–Crippen LogP) is 2.22. The Hall–Kier alpha value is 0.660. The lowest BCUT2D eigenvalue weighted by atomic mass is 10.3. The first-order chi connectivity index (χ1) is 5.93. The smallest absolute Gasteiger partial charge is 0.0166 e. The molecule has 0 amide bonds. The summed E-state index contributed by atoms with van der Waals surface area (Å²) in [5.74, 6) is 5.30. The van der Waals surface area contributed by atoms with Gasteiger partial charge in [0.05, 0.1) is 0 Å². The van der Waals surface area contributed by atoms with E-state index in [0.29, 0.717) is 0 Å². The highest BCUT2D eigenvalue weighted by Crippen LogP contribution is 2.16. The minimum atomic E-state index is 0.817. The summed E-state index contributed by atoms with van der Waals surface area (Å²) in [7, 11) is 0. The molecule has 1 saturated heterocycles. The van der Waals surface area contributed by atoms with Gasteiger partial charge in [-0.05, 0) is 24.3 Å². The van der Waals surface area contributed by atoms with Crippen LogP contribution in [0.25, 0.3) is 0 Å². The molecule has 1 atom stereocenters. The highest BCUT2D eigenvalue weighted by atomic mass is 32.2. The molecule has 1 fully saturated rings. The van der Waals surface area contributed by atoms with Crippen LogP contribution in [-0.4, -0.2) is 35.6 Å². The van der Waals surface area contributed by atoms with E-state index >= 15 is 0 Å². The molecule has 0 radical (unpaired) electrons. The number of nitrogens with one attached hydrogen (secondary N) is 1. The molecular formula is C9H19NS2. The lowest BCUT2D eigenvalue weighted by molar-refractivity contribution is 0.581. The topological polar surface area (TPSA) is 12.0 Å². The fourth-order valence-corrected chi connectivity index (χ4v) is 3.22. The Morgan fingerprint density at radius 2 is 2.42 bits per heavy atom. The molecule has 1 aliphatic rings. The Labute approximate surface area is 84.4 Å². The molecule has 0 aromatic carbocycles.